The number of hydrogen-bond donors (Lipinski definition) is 1. The van der Waals surface area contributed by atoms with Crippen molar-refractivity contribution in [1.29, 1.82) is 0 Å². The molecule has 0 spiro atoms. The highest BCUT2D eigenvalue weighted by atomic mass is 16.6. The summed E-state index contributed by atoms with van der Waals surface area (Å²) in [7, 11) is 1.57. The van der Waals surface area contributed by atoms with Crippen molar-refractivity contribution in [1.82, 2.24) is 4.90 Å². The fourth-order valence-electron chi connectivity index (χ4n) is 4.25. The zero-order valence-corrected chi connectivity index (χ0v) is 15.5. The lowest BCUT2D eigenvalue weighted by molar-refractivity contribution is -0.384. The van der Waals surface area contributed by atoms with E-state index in [1.54, 1.807) is 7.05 Å². The lowest BCUT2D eigenvalue weighted by Crippen LogP contribution is -2.50. The summed E-state index contributed by atoms with van der Waals surface area (Å²) in [4.78, 5) is 37.3. The Morgan fingerprint density at radius 1 is 1.26 bits per heavy atom. The molecule has 3 rings (SSSR count). The number of benzene rings is 1. The average molecular weight is 375 g/mol. The van der Waals surface area contributed by atoms with Crippen LogP contribution >= 0.6 is 0 Å². The van der Waals surface area contributed by atoms with Crippen molar-refractivity contribution in [3.63, 3.8) is 0 Å². The van der Waals surface area contributed by atoms with Crippen molar-refractivity contribution >= 4 is 23.3 Å². The van der Waals surface area contributed by atoms with Gasteiger partial charge in [-0.15, -0.1) is 0 Å². The van der Waals surface area contributed by atoms with E-state index in [4.69, 9.17) is 4.74 Å². The molecule has 2 fully saturated rings. The van der Waals surface area contributed by atoms with Crippen molar-refractivity contribution in [2.45, 2.75) is 44.6 Å². The summed E-state index contributed by atoms with van der Waals surface area (Å²) in [6, 6.07) is 4.32. The van der Waals surface area contributed by atoms with E-state index in [9.17, 15) is 19.7 Å². The fraction of sp³-hybridized carbons (Fsp3) is 0.579. The number of carbonyl (C=O) groups excluding carboxylic acids is 2. The second kappa shape index (κ2) is 8.37. The third-order valence-corrected chi connectivity index (χ3v) is 5.59. The van der Waals surface area contributed by atoms with Crippen LogP contribution in [0.2, 0.25) is 0 Å². The Bertz CT molecular complexity index is 734. The predicted octanol–water partition coefficient (Wildman–Crippen LogP) is 2.97. The van der Waals surface area contributed by atoms with E-state index in [0.29, 0.717) is 18.2 Å². The van der Waals surface area contributed by atoms with E-state index in [-0.39, 0.29) is 29.8 Å². The molecule has 1 heterocycles. The van der Waals surface area contributed by atoms with Crippen molar-refractivity contribution in [3.05, 3.63) is 33.9 Å². The van der Waals surface area contributed by atoms with Crippen LogP contribution in [0.4, 0.5) is 11.4 Å². The number of ether oxygens (including phenoxy) is 1. The summed E-state index contributed by atoms with van der Waals surface area (Å²) in [5.41, 5.74) is 0.159. The van der Waals surface area contributed by atoms with E-state index in [1.807, 2.05) is 4.90 Å². The summed E-state index contributed by atoms with van der Waals surface area (Å²) in [6.07, 6.45) is 6.68. The van der Waals surface area contributed by atoms with Gasteiger partial charge >= 0.3 is 5.97 Å². The molecule has 1 N–H and O–H groups in total. The van der Waals surface area contributed by atoms with Gasteiger partial charge in [0.1, 0.15) is 5.69 Å². The number of fused-ring (bicyclic) bond motifs is 1. The Balaban J connectivity index is 1.62. The van der Waals surface area contributed by atoms with Crippen molar-refractivity contribution < 1.29 is 19.2 Å². The highest BCUT2D eigenvalue weighted by molar-refractivity contribution is 5.93. The number of nitro groups is 1. The van der Waals surface area contributed by atoms with E-state index in [1.165, 1.54) is 18.6 Å². The lowest BCUT2D eigenvalue weighted by Gasteiger charge is -2.44. The molecular formula is C19H25N3O5. The van der Waals surface area contributed by atoms with Crippen molar-refractivity contribution in [2.75, 3.05) is 25.5 Å². The molecule has 0 radical (unpaired) electrons. The van der Waals surface area contributed by atoms with Gasteiger partial charge in [0, 0.05) is 25.7 Å². The first kappa shape index (κ1) is 19.1. The largest absolute Gasteiger partial charge is 0.452 e. The molecule has 8 nitrogen and oxygen atoms in total. The molecule has 1 saturated heterocycles. The van der Waals surface area contributed by atoms with E-state index < -0.39 is 10.9 Å². The Morgan fingerprint density at radius 2 is 2.00 bits per heavy atom. The standard InChI is InChI=1S/C19H25N3O5/c1-20-15-9-8-14(11-17(15)22(25)26)19(24)27-12-18(23)21-10-4-6-13-5-2-3-7-16(13)21/h8-9,11,13,16,20H,2-7,10,12H2,1H3/t13-,16+/m1/s1. The third kappa shape index (κ3) is 4.20. The number of esters is 1. The molecule has 146 valence electrons. The first-order chi connectivity index (χ1) is 13.0. The van der Waals surface area contributed by atoms with Gasteiger partial charge in [0.25, 0.3) is 11.6 Å². The zero-order valence-electron chi connectivity index (χ0n) is 15.5. The number of nitrogens with zero attached hydrogens (tertiary/aromatic N) is 2. The number of amides is 1. The van der Waals surface area contributed by atoms with Gasteiger partial charge < -0.3 is 15.0 Å². The van der Waals surface area contributed by atoms with Crippen LogP contribution in [0, 0.1) is 16.0 Å². The summed E-state index contributed by atoms with van der Waals surface area (Å²) in [5.74, 6) is -0.350. The molecule has 27 heavy (non-hydrogen) atoms. The van der Waals surface area contributed by atoms with Gasteiger partial charge in [0.05, 0.1) is 10.5 Å². The normalized spacial score (nSPS) is 21.9. The molecule has 0 unspecified atom stereocenters. The summed E-state index contributed by atoms with van der Waals surface area (Å²) >= 11 is 0. The smallest absolute Gasteiger partial charge is 0.338 e. The van der Waals surface area contributed by atoms with Crippen LogP contribution in [0.25, 0.3) is 0 Å². The van der Waals surface area contributed by atoms with Gasteiger partial charge in [0.2, 0.25) is 0 Å². The molecule has 1 amide bonds. The SMILES string of the molecule is CNc1ccc(C(=O)OCC(=O)N2CCC[C@H]3CCCC[C@@H]32)cc1[N+](=O)[O-]. The maximum atomic E-state index is 12.6. The lowest BCUT2D eigenvalue weighted by atomic mass is 9.78. The molecule has 1 aromatic carbocycles. The van der Waals surface area contributed by atoms with Crippen molar-refractivity contribution in [3.8, 4) is 0 Å². The highest BCUT2D eigenvalue weighted by Gasteiger charge is 2.35. The van der Waals surface area contributed by atoms with Crippen molar-refractivity contribution in [2.24, 2.45) is 5.92 Å². The quantitative estimate of drug-likeness (QED) is 0.482. The van der Waals surface area contributed by atoms with Crippen LogP contribution in [0.5, 0.6) is 0 Å². The molecule has 1 aliphatic heterocycles. The predicted molar refractivity (Wildman–Crippen MR) is 99.6 cm³/mol. The number of likely N-dealkylation sites (tertiary alicyclic amines) is 1. The van der Waals surface area contributed by atoms with Gasteiger partial charge in [-0.2, -0.15) is 0 Å². The van der Waals surface area contributed by atoms with Crippen LogP contribution in [-0.2, 0) is 9.53 Å². The van der Waals surface area contributed by atoms with Crippen LogP contribution in [-0.4, -0.2) is 47.9 Å². The minimum atomic E-state index is -0.730. The molecule has 1 saturated carbocycles. The minimum absolute atomic E-state index is 0.0580. The Kier molecular flexibility index (Phi) is 5.93. The average Bonchev–Trinajstić information content (AvgIpc) is 2.70. The highest BCUT2D eigenvalue weighted by Crippen LogP contribution is 2.35. The number of carbonyl (C=O) groups is 2. The number of piperidine rings is 1. The summed E-state index contributed by atoms with van der Waals surface area (Å²) in [6.45, 7) is 0.378. The maximum Gasteiger partial charge on any atom is 0.338 e. The number of hydrogen-bond acceptors (Lipinski definition) is 6. The number of nitrogens with one attached hydrogen (secondary N) is 1. The van der Waals surface area contributed by atoms with Gasteiger partial charge in [0.15, 0.2) is 6.61 Å². The Morgan fingerprint density at radius 3 is 2.74 bits per heavy atom. The van der Waals surface area contributed by atoms with Gasteiger partial charge in [-0.25, -0.2) is 4.79 Å². The molecule has 1 aromatic rings. The Labute approximate surface area is 158 Å². The first-order valence-corrected chi connectivity index (χ1v) is 9.44. The van der Waals surface area contributed by atoms with Gasteiger partial charge in [-0.05, 0) is 43.7 Å². The number of nitro benzene ring substituents is 1. The first-order valence-electron chi connectivity index (χ1n) is 9.44. The molecule has 0 aromatic heterocycles. The topological polar surface area (TPSA) is 102 Å². The number of rotatable bonds is 5. The van der Waals surface area contributed by atoms with Gasteiger partial charge in [-0.3, -0.25) is 14.9 Å². The van der Waals surface area contributed by atoms with E-state index >= 15 is 0 Å². The second-order valence-electron chi connectivity index (χ2n) is 7.16. The van der Waals surface area contributed by atoms with Gasteiger partial charge in [-0.1, -0.05) is 12.8 Å². The summed E-state index contributed by atoms with van der Waals surface area (Å²) < 4.78 is 5.16. The monoisotopic (exact) mass is 375 g/mol. The number of anilines is 1. The zero-order chi connectivity index (χ0) is 19.4. The minimum Gasteiger partial charge on any atom is -0.452 e. The Hall–Kier alpha value is -2.64. The molecule has 2 aliphatic rings. The molecule has 2 atom stereocenters. The molecule has 0 bridgehead atoms. The summed E-state index contributed by atoms with van der Waals surface area (Å²) in [5, 5.41) is 13.8. The fourth-order valence-corrected chi connectivity index (χ4v) is 4.25. The maximum absolute atomic E-state index is 12.6. The third-order valence-electron chi connectivity index (χ3n) is 5.59. The van der Waals surface area contributed by atoms with Crippen LogP contribution in [0.3, 0.4) is 0 Å². The van der Waals surface area contributed by atoms with Crippen LogP contribution in [0.15, 0.2) is 18.2 Å². The molecular weight excluding hydrogens is 350 g/mol. The molecule has 1 aliphatic carbocycles. The van der Waals surface area contributed by atoms with E-state index in [0.717, 1.165) is 38.2 Å². The van der Waals surface area contributed by atoms with Crippen LogP contribution in [0.1, 0.15) is 48.9 Å². The van der Waals surface area contributed by atoms with Crippen LogP contribution < -0.4 is 5.32 Å². The second-order valence-corrected chi connectivity index (χ2v) is 7.16. The van der Waals surface area contributed by atoms with E-state index in [2.05, 4.69) is 5.32 Å². The molecule has 8 heteroatoms.